The molecule has 2 rings (SSSR count). The summed E-state index contributed by atoms with van der Waals surface area (Å²) in [6.45, 7) is 10.6. The maximum absolute atomic E-state index is 5.37. The molecule has 0 amide bonds. The summed E-state index contributed by atoms with van der Waals surface area (Å²) in [4.78, 5) is 6.79. The Morgan fingerprint density at radius 1 is 1.55 bits per heavy atom. The van der Waals surface area contributed by atoms with Gasteiger partial charge in [0.25, 0.3) is 0 Å². The molecular formula is C14H26N4OS. The van der Waals surface area contributed by atoms with Crippen LogP contribution in [0.2, 0.25) is 0 Å². The van der Waals surface area contributed by atoms with Gasteiger partial charge in [-0.1, -0.05) is 19.0 Å². The van der Waals surface area contributed by atoms with Gasteiger partial charge in [-0.15, -0.1) is 0 Å². The van der Waals surface area contributed by atoms with Crippen molar-refractivity contribution >= 4 is 11.8 Å². The standard InChI is InChI=1S/C14H26N4OS/c1-5-20-11(2)13-16-12(19-17-13)8-18(4)10-14(3)6-7-15-9-14/h11,15H,5-10H2,1-4H3. The second kappa shape index (κ2) is 6.91. The molecule has 2 atom stereocenters. The van der Waals surface area contributed by atoms with Gasteiger partial charge in [0.1, 0.15) is 0 Å². The zero-order chi connectivity index (χ0) is 14.6. The van der Waals surface area contributed by atoms with Crippen LogP contribution in [0.25, 0.3) is 0 Å². The Morgan fingerprint density at radius 2 is 2.35 bits per heavy atom. The molecule has 6 heteroatoms. The quantitative estimate of drug-likeness (QED) is 0.834. The summed E-state index contributed by atoms with van der Waals surface area (Å²) in [5.41, 5.74) is 0.364. The van der Waals surface area contributed by atoms with E-state index in [2.05, 4.69) is 48.2 Å². The third-order valence-electron chi connectivity index (χ3n) is 3.78. The number of rotatable bonds is 7. The van der Waals surface area contributed by atoms with Crippen LogP contribution in [0.5, 0.6) is 0 Å². The van der Waals surface area contributed by atoms with Crippen LogP contribution in [0, 0.1) is 5.41 Å². The molecule has 2 heterocycles. The summed E-state index contributed by atoms with van der Waals surface area (Å²) in [7, 11) is 2.12. The van der Waals surface area contributed by atoms with Crippen LogP contribution in [-0.2, 0) is 6.54 Å². The van der Waals surface area contributed by atoms with Crippen LogP contribution in [0.1, 0.15) is 44.2 Å². The summed E-state index contributed by atoms with van der Waals surface area (Å²) in [6, 6.07) is 0. The van der Waals surface area contributed by atoms with Gasteiger partial charge in [-0.05, 0) is 38.1 Å². The first kappa shape index (κ1) is 15.8. The molecule has 114 valence electrons. The molecule has 1 aromatic heterocycles. The molecule has 1 saturated heterocycles. The van der Waals surface area contributed by atoms with Gasteiger partial charge in [0, 0.05) is 13.1 Å². The second-order valence-corrected chi connectivity index (χ2v) is 7.67. The first-order chi connectivity index (χ1) is 9.52. The summed E-state index contributed by atoms with van der Waals surface area (Å²) < 4.78 is 5.37. The molecule has 0 aliphatic carbocycles. The third-order valence-corrected chi connectivity index (χ3v) is 4.82. The molecule has 0 aromatic carbocycles. The normalized spacial score (nSPS) is 24.4. The van der Waals surface area contributed by atoms with Gasteiger partial charge < -0.3 is 9.84 Å². The molecule has 1 aromatic rings. The molecule has 1 fully saturated rings. The third kappa shape index (κ3) is 4.20. The molecule has 1 N–H and O–H groups in total. The number of nitrogens with zero attached hydrogens (tertiary/aromatic N) is 3. The van der Waals surface area contributed by atoms with Crippen LogP contribution >= 0.6 is 11.8 Å². The van der Waals surface area contributed by atoms with E-state index < -0.39 is 0 Å². The highest BCUT2D eigenvalue weighted by Crippen LogP contribution is 2.27. The first-order valence-corrected chi connectivity index (χ1v) is 8.40. The summed E-state index contributed by atoms with van der Waals surface area (Å²) in [5.74, 6) is 2.60. The Balaban J connectivity index is 1.86. The number of thioether (sulfide) groups is 1. The second-order valence-electron chi connectivity index (χ2n) is 6.05. The molecule has 1 aliphatic heterocycles. The van der Waals surface area contributed by atoms with E-state index in [1.165, 1.54) is 6.42 Å². The summed E-state index contributed by atoms with van der Waals surface area (Å²) in [6.07, 6.45) is 1.23. The largest absolute Gasteiger partial charge is 0.338 e. The Morgan fingerprint density at radius 3 is 3.00 bits per heavy atom. The minimum absolute atomic E-state index is 0.305. The Labute approximate surface area is 125 Å². The molecule has 0 spiro atoms. The number of aromatic nitrogens is 2. The van der Waals surface area contributed by atoms with E-state index in [-0.39, 0.29) is 0 Å². The zero-order valence-corrected chi connectivity index (χ0v) is 13.8. The monoisotopic (exact) mass is 298 g/mol. The van der Waals surface area contributed by atoms with E-state index in [4.69, 9.17) is 4.52 Å². The van der Waals surface area contributed by atoms with Gasteiger partial charge in [-0.25, -0.2) is 0 Å². The highest BCUT2D eigenvalue weighted by atomic mass is 32.2. The van der Waals surface area contributed by atoms with Crippen molar-refractivity contribution in [3.8, 4) is 0 Å². The lowest BCUT2D eigenvalue weighted by Gasteiger charge is -2.28. The minimum atomic E-state index is 0.305. The number of hydrogen-bond donors (Lipinski definition) is 1. The summed E-state index contributed by atoms with van der Waals surface area (Å²) >= 11 is 1.84. The van der Waals surface area contributed by atoms with Crippen molar-refractivity contribution < 1.29 is 4.52 Å². The highest BCUT2D eigenvalue weighted by Gasteiger charge is 2.30. The Kier molecular flexibility index (Phi) is 5.46. The van der Waals surface area contributed by atoms with E-state index in [0.717, 1.165) is 43.6 Å². The van der Waals surface area contributed by atoms with Crippen LogP contribution in [0.3, 0.4) is 0 Å². The zero-order valence-electron chi connectivity index (χ0n) is 13.0. The fourth-order valence-electron chi connectivity index (χ4n) is 2.76. The van der Waals surface area contributed by atoms with Crippen molar-refractivity contribution in [3.63, 3.8) is 0 Å². The maximum atomic E-state index is 5.37. The Bertz CT molecular complexity index is 417. The van der Waals surface area contributed by atoms with Crippen LogP contribution in [0.15, 0.2) is 4.52 Å². The van der Waals surface area contributed by atoms with Crippen LogP contribution in [0.4, 0.5) is 0 Å². The predicted molar refractivity (Wildman–Crippen MR) is 82.8 cm³/mol. The van der Waals surface area contributed by atoms with Crippen molar-refractivity contribution in [2.45, 2.75) is 39.0 Å². The van der Waals surface area contributed by atoms with E-state index in [1.54, 1.807) is 0 Å². The lowest BCUT2D eigenvalue weighted by Crippen LogP contribution is -2.34. The van der Waals surface area contributed by atoms with Crippen molar-refractivity contribution in [2.75, 3.05) is 32.4 Å². The SMILES string of the molecule is CCSC(C)c1noc(CN(C)CC2(C)CCNC2)n1. The van der Waals surface area contributed by atoms with E-state index >= 15 is 0 Å². The van der Waals surface area contributed by atoms with Gasteiger partial charge in [0.05, 0.1) is 11.8 Å². The lowest BCUT2D eigenvalue weighted by atomic mass is 9.89. The van der Waals surface area contributed by atoms with Gasteiger partial charge in [0.15, 0.2) is 5.82 Å². The molecule has 1 aliphatic rings. The van der Waals surface area contributed by atoms with Crippen molar-refractivity contribution in [1.29, 1.82) is 0 Å². The smallest absolute Gasteiger partial charge is 0.240 e. The molecule has 0 bridgehead atoms. The topological polar surface area (TPSA) is 54.2 Å². The van der Waals surface area contributed by atoms with E-state index in [1.807, 2.05) is 11.8 Å². The van der Waals surface area contributed by atoms with Gasteiger partial charge >= 0.3 is 0 Å². The summed E-state index contributed by atoms with van der Waals surface area (Å²) in [5, 5.41) is 7.83. The number of nitrogens with one attached hydrogen (secondary N) is 1. The molecule has 0 radical (unpaired) electrons. The van der Waals surface area contributed by atoms with Gasteiger partial charge in [-0.3, -0.25) is 4.90 Å². The molecular weight excluding hydrogens is 272 g/mol. The molecule has 0 saturated carbocycles. The van der Waals surface area contributed by atoms with E-state index in [9.17, 15) is 0 Å². The van der Waals surface area contributed by atoms with Crippen molar-refractivity contribution in [3.05, 3.63) is 11.7 Å². The van der Waals surface area contributed by atoms with Crippen LogP contribution in [-0.4, -0.2) is 47.5 Å². The Hall–Kier alpha value is -0.590. The minimum Gasteiger partial charge on any atom is -0.338 e. The van der Waals surface area contributed by atoms with E-state index in [0.29, 0.717) is 10.7 Å². The molecule has 2 unspecified atom stereocenters. The van der Waals surface area contributed by atoms with Crippen molar-refractivity contribution in [2.24, 2.45) is 5.41 Å². The maximum Gasteiger partial charge on any atom is 0.240 e. The fourth-order valence-corrected chi connectivity index (χ4v) is 3.51. The fraction of sp³-hybridized carbons (Fsp3) is 0.857. The predicted octanol–water partition coefficient (Wildman–Crippen LogP) is 2.32. The van der Waals surface area contributed by atoms with Gasteiger partial charge in [-0.2, -0.15) is 16.7 Å². The molecule has 5 nitrogen and oxygen atoms in total. The van der Waals surface area contributed by atoms with Crippen LogP contribution < -0.4 is 5.32 Å². The lowest BCUT2D eigenvalue weighted by molar-refractivity contribution is 0.184. The highest BCUT2D eigenvalue weighted by molar-refractivity contribution is 7.99. The average Bonchev–Trinajstić information content (AvgIpc) is 2.99. The van der Waals surface area contributed by atoms with Gasteiger partial charge in [0.2, 0.25) is 5.89 Å². The first-order valence-electron chi connectivity index (χ1n) is 7.36. The number of hydrogen-bond acceptors (Lipinski definition) is 6. The molecule has 20 heavy (non-hydrogen) atoms. The average molecular weight is 298 g/mol. The van der Waals surface area contributed by atoms with Crippen molar-refractivity contribution in [1.82, 2.24) is 20.4 Å².